The first-order valence-electron chi connectivity index (χ1n) is 8.75. The molecule has 2 rings (SSSR count). The summed E-state index contributed by atoms with van der Waals surface area (Å²) >= 11 is 0. The van der Waals surface area contributed by atoms with Crippen molar-refractivity contribution in [2.24, 2.45) is 0 Å². The number of ether oxygens (including phenoxy) is 1. The van der Waals surface area contributed by atoms with Crippen LogP contribution in [0.4, 0.5) is 0 Å². The molecule has 2 aliphatic heterocycles. The number of rotatable bonds is 9. The number of esters is 1. The van der Waals surface area contributed by atoms with E-state index in [1.165, 1.54) is 25.0 Å². The Morgan fingerprint density at radius 2 is 1.92 bits per heavy atom. The smallest absolute Gasteiger partial charge is 0.309 e. The molecular formula is C17H27N3O4. The van der Waals surface area contributed by atoms with Crippen molar-refractivity contribution in [3.63, 3.8) is 0 Å². The van der Waals surface area contributed by atoms with Gasteiger partial charge in [0.1, 0.15) is 6.61 Å². The highest BCUT2D eigenvalue weighted by atomic mass is 16.5. The van der Waals surface area contributed by atoms with Gasteiger partial charge in [0.05, 0.1) is 6.42 Å². The lowest BCUT2D eigenvalue weighted by Crippen LogP contribution is -2.34. The number of hydrogen-bond donors (Lipinski definition) is 1. The van der Waals surface area contributed by atoms with Gasteiger partial charge in [-0.15, -0.1) is 0 Å². The molecule has 24 heavy (non-hydrogen) atoms. The highest BCUT2D eigenvalue weighted by molar-refractivity contribution is 5.88. The molecule has 7 heteroatoms. The minimum absolute atomic E-state index is 0.0953. The lowest BCUT2D eigenvalue weighted by atomic mass is 10.3. The fourth-order valence-corrected chi connectivity index (χ4v) is 2.93. The van der Waals surface area contributed by atoms with Crippen molar-refractivity contribution in [1.82, 2.24) is 15.1 Å². The molecule has 7 nitrogen and oxygen atoms in total. The molecule has 2 fully saturated rings. The number of carbonyl (C=O) groups excluding carboxylic acids is 3. The molecule has 0 radical (unpaired) electrons. The van der Waals surface area contributed by atoms with Gasteiger partial charge in [0.2, 0.25) is 11.8 Å². The average molecular weight is 337 g/mol. The van der Waals surface area contributed by atoms with Gasteiger partial charge < -0.3 is 15.0 Å². The maximum atomic E-state index is 11.6. The van der Waals surface area contributed by atoms with Gasteiger partial charge in [-0.05, 0) is 38.4 Å². The molecule has 0 saturated carbocycles. The maximum absolute atomic E-state index is 11.6. The van der Waals surface area contributed by atoms with Crippen molar-refractivity contribution in [3.8, 4) is 0 Å². The van der Waals surface area contributed by atoms with E-state index in [1.54, 1.807) is 4.90 Å². The van der Waals surface area contributed by atoms with Crippen molar-refractivity contribution >= 4 is 17.8 Å². The van der Waals surface area contributed by atoms with Crippen LogP contribution in [0.2, 0.25) is 0 Å². The van der Waals surface area contributed by atoms with Crippen LogP contribution in [0.25, 0.3) is 0 Å². The third kappa shape index (κ3) is 6.70. The zero-order chi connectivity index (χ0) is 17.2. The largest absolute Gasteiger partial charge is 0.464 e. The van der Waals surface area contributed by atoms with Gasteiger partial charge in [0.15, 0.2) is 0 Å². The maximum Gasteiger partial charge on any atom is 0.309 e. The third-order valence-electron chi connectivity index (χ3n) is 4.28. The number of nitrogens with zero attached hydrogens (tertiary/aromatic N) is 2. The topological polar surface area (TPSA) is 79.0 Å². The van der Waals surface area contributed by atoms with Crippen LogP contribution in [-0.4, -0.2) is 73.5 Å². The first-order valence-corrected chi connectivity index (χ1v) is 8.75. The summed E-state index contributed by atoms with van der Waals surface area (Å²) in [5.74, 6) is -0.427. The Balaban J connectivity index is 1.49. The standard InChI is InChI=1S/C17H27N3O4/c21-15(18-8-12-20-11-4-6-16(20)22)5-3-7-17(23)24-14-13-19-9-1-2-10-19/h3,5H,1-2,4,6-14H2,(H,18,21)/b5-3-. The van der Waals surface area contributed by atoms with Crippen molar-refractivity contribution in [1.29, 1.82) is 0 Å². The van der Waals surface area contributed by atoms with Crippen LogP contribution in [0.3, 0.4) is 0 Å². The number of carbonyl (C=O) groups is 3. The Bertz CT molecular complexity index is 472. The van der Waals surface area contributed by atoms with Crippen LogP contribution in [0.1, 0.15) is 32.1 Å². The van der Waals surface area contributed by atoms with Gasteiger partial charge >= 0.3 is 5.97 Å². The minimum atomic E-state index is -0.319. The van der Waals surface area contributed by atoms with E-state index in [4.69, 9.17) is 4.74 Å². The average Bonchev–Trinajstić information content (AvgIpc) is 3.20. The van der Waals surface area contributed by atoms with Crippen LogP contribution in [0, 0.1) is 0 Å². The predicted octanol–water partition coefficient (Wildman–Crippen LogP) is 0.310. The van der Waals surface area contributed by atoms with Crippen LogP contribution in [0.15, 0.2) is 12.2 Å². The van der Waals surface area contributed by atoms with Crippen LogP contribution in [-0.2, 0) is 19.1 Å². The Hall–Kier alpha value is -1.89. The summed E-state index contributed by atoms with van der Waals surface area (Å²) in [6, 6.07) is 0. The second-order valence-electron chi connectivity index (χ2n) is 6.15. The van der Waals surface area contributed by atoms with Gasteiger partial charge in [-0.2, -0.15) is 0 Å². The van der Waals surface area contributed by atoms with Gasteiger partial charge in [-0.1, -0.05) is 6.08 Å². The van der Waals surface area contributed by atoms with Gasteiger partial charge in [0, 0.05) is 32.6 Å². The van der Waals surface area contributed by atoms with E-state index in [0.29, 0.717) is 26.1 Å². The lowest BCUT2D eigenvalue weighted by molar-refractivity contribution is -0.143. The predicted molar refractivity (Wildman–Crippen MR) is 89.2 cm³/mol. The SMILES string of the molecule is O=C(/C=C\CC(=O)OCCN1CCCC1)NCCN1CCCC1=O. The summed E-state index contributed by atoms with van der Waals surface area (Å²) in [6.07, 6.45) is 6.88. The van der Waals surface area contributed by atoms with E-state index >= 15 is 0 Å². The molecular weight excluding hydrogens is 310 g/mol. The number of amides is 2. The molecule has 0 aromatic carbocycles. The normalized spacial score (nSPS) is 18.5. The molecule has 2 heterocycles. The first-order chi connectivity index (χ1) is 11.6. The van der Waals surface area contributed by atoms with Crippen molar-refractivity contribution in [3.05, 3.63) is 12.2 Å². The molecule has 0 unspecified atom stereocenters. The van der Waals surface area contributed by atoms with E-state index in [1.807, 2.05) is 0 Å². The zero-order valence-electron chi connectivity index (χ0n) is 14.2. The number of hydrogen-bond acceptors (Lipinski definition) is 5. The summed E-state index contributed by atoms with van der Waals surface area (Å²) in [7, 11) is 0. The minimum Gasteiger partial charge on any atom is -0.464 e. The van der Waals surface area contributed by atoms with Crippen molar-refractivity contribution in [2.45, 2.75) is 32.1 Å². The highest BCUT2D eigenvalue weighted by Crippen LogP contribution is 2.08. The van der Waals surface area contributed by atoms with E-state index in [0.717, 1.165) is 32.6 Å². The summed E-state index contributed by atoms with van der Waals surface area (Å²) in [5.41, 5.74) is 0. The monoisotopic (exact) mass is 337 g/mol. The van der Waals surface area contributed by atoms with Crippen LogP contribution >= 0.6 is 0 Å². The number of nitrogens with one attached hydrogen (secondary N) is 1. The van der Waals surface area contributed by atoms with Crippen LogP contribution < -0.4 is 5.32 Å². The fourth-order valence-electron chi connectivity index (χ4n) is 2.93. The van der Waals surface area contributed by atoms with Gasteiger partial charge in [0.25, 0.3) is 0 Å². The van der Waals surface area contributed by atoms with Crippen molar-refractivity contribution < 1.29 is 19.1 Å². The van der Waals surface area contributed by atoms with E-state index < -0.39 is 0 Å². The molecule has 0 aromatic rings. The van der Waals surface area contributed by atoms with E-state index in [-0.39, 0.29) is 24.2 Å². The Labute approximate surface area is 143 Å². The number of likely N-dealkylation sites (tertiary alicyclic amines) is 2. The third-order valence-corrected chi connectivity index (χ3v) is 4.28. The Kier molecular flexibility index (Phi) is 7.74. The summed E-state index contributed by atoms with van der Waals surface area (Å²) < 4.78 is 5.14. The first kappa shape index (κ1) is 18.4. The Morgan fingerprint density at radius 1 is 1.12 bits per heavy atom. The van der Waals surface area contributed by atoms with Crippen LogP contribution in [0.5, 0.6) is 0 Å². The molecule has 0 aromatic heterocycles. The molecule has 2 aliphatic rings. The molecule has 0 spiro atoms. The summed E-state index contributed by atoms with van der Waals surface area (Å²) in [6.45, 7) is 5.09. The zero-order valence-corrected chi connectivity index (χ0v) is 14.2. The lowest BCUT2D eigenvalue weighted by Gasteiger charge is -2.15. The van der Waals surface area contributed by atoms with Gasteiger partial charge in [-0.3, -0.25) is 19.3 Å². The molecule has 1 N–H and O–H groups in total. The molecule has 134 valence electrons. The molecule has 2 amide bonds. The second kappa shape index (κ2) is 10.1. The Morgan fingerprint density at radius 3 is 2.62 bits per heavy atom. The van der Waals surface area contributed by atoms with Gasteiger partial charge in [-0.25, -0.2) is 0 Å². The summed E-state index contributed by atoms with van der Waals surface area (Å²) in [4.78, 5) is 38.6. The molecule has 0 aliphatic carbocycles. The molecule has 0 bridgehead atoms. The molecule has 2 saturated heterocycles. The van der Waals surface area contributed by atoms with E-state index in [2.05, 4.69) is 10.2 Å². The molecule has 0 atom stereocenters. The quantitative estimate of drug-likeness (QED) is 0.484. The second-order valence-corrected chi connectivity index (χ2v) is 6.15. The summed E-state index contributed by atoms with van der Waals surface area (Å²) in [5, 5.41) is 2.71. The fraction of sp³-hybridized carbons (Fsp3) is 0.706. The van der Waals surface area contributed by atoms with Crippen molar-refractivity contribution in [2.75, 3.05) is 45.9 Å². The van der Waals surface area contributed by atoms with E-state index in [9.17, 15) is 14.4 Å². The highest BCUT2D eigenvalue weighted by Gasteiger charge is 2.19.